The number of rotatable bonds is 0. The molecule has 4 heavy (non-hydrogen) atoms. The molecule has 0 aromatic carbocycles. The molecule has 0 aliphatic heterocycles. The van der Waals surface area contributed by atoms with Crippen LogP contribution in [0.1, 0.15) is 0 Å². The lowest BCUT2D eigenvalue weighted by atomic mass is 13.9. The molecule has 0 atom stereocenters. The van der Waals surface area contributed by atoms with Gasteiger partial charge in [0, 0.05) is 0 Å². The van der Waals surface area contributed by atoms with Crippen LogP contribution >= 0.6 is 0 Å². The highest BCUT2D eigenvalue weighted by molar-refractivity contribution is 6.02. The Morgan fingerprint density at radius 1 is 1.25 bits per heavy atom. The molecule has 0 amide bonds. The standard InChI is InChI=1S/H5NSi.H3N.H4Si/c1-2;;/h1H2,2H3;1H3;1H4. The van der Waals surface area contributed by atoms with Gasteiger partial charge in [-0.1, -0.05) is 0 Å². The van der Waals surface area contributed by atoms with Crippen LogP contribution in [-0.4, -0.2) is 21.4 Å². The third kappa shape index (κ3) is 34.5. The lowest BCUT2D eigenvalue weighted by Crippen LogP contribution is -1.75. The summed E-state index contributed by atoms with van der Waals surface area (Å²) in [4.78, 5) is 0. The molecule has 5 N–H and O–H groups in total. The first-order chi connectivity index (χ1) is 1.00. The number of hydrogen-bond donors (Lipinski definition) is 2. The van der Waals surface area contributed by atoms with Crippen LogP contribution in [0.4, 0.5) is 0 Å². The molecule has 0 heterocycles. The topological polar surface area (TPSA) is 61.0 Å². The van der Waals surface area contributed by atoms with Crippen molar-refractivity contribution in [3.63, 3.8) is 0 Å². The van der Waals surface area contributed by atoms with E-state index in [0.29, 0.717) is 0 Å². The van der Waals surface area contributed by atoms with E-state index in [1.165, 1.54) is 0 Å². The van der Waals surface area contributed by atoms with Crippen LogP contribution in [0.15, 0.2) is 0 Å². The molecule has 0 aliphatic carbocycles. The zero-order valence-electron chi connectivity index (χ0n) is 2.28. The van der Waals surface area contributed by atoms with E-state index < -0.39 is 0 Å². The second-order valence-electron chi connectivity index (χ2n) is 0. The van der Waals surface area contributed by atoms with Gasteiger partial charge in [-0.15, -0.1) is 0 Å². The molecular formula is H12N2Si2. The molecule has 0 unspecified atom stereocenters. The van der Waals surface area contributed by atoms with Gasteiger partial charge in [0.05, 0.1) is 10.4 Å². The van der Waals surface area contributed by atoms with Crippen LogP contribution in [0.2, 0.25) is 0 Å². The molecule has 4 heteroatoms. The average molecular weight is 96.3 g/mol. The Morgan fingerprint density at radius 3 is 1.25 bits per heavy atom. The normalized spacial score (nSPS) is 2.25. The van der Waals surface area contributed by atoms with Gasteiger partial charge < -0.3 is 11.5 Å². The molecule has 0 bridgehead atoms. The van der Waals surface area contributed by atoms with Gasteiger partial charge in [0.15, 0.2) is 0 Å². The summed E-state index contributed by atoms with van der Waals surface area (Å²) in [5.74, 6) is 0. The molecule has 0 fully saturated rings. The average Bonchev–Trinajstić information content (AvgIpc) is 1.00. The van der Waals surface area contributed by atoms with Crippen molar-refractivity contribution in [1.29, 1.82) is 0 Å². The Bertz CT molecular complexity index is 4.00. The fourth-order valence-electron chi connectivity index (χ4n) is 0. The summed E-state index contributed by atoms with van der Waals surface area (Å²) in [6.45, 7) is 0. The van der Waals surface area contributed by atoms with Crippen LogP contribution in [-0.2, 0) is 0 Å². The van der Waals surface area contributed by atoms with E-state index in [4.69, 9.17) is 0 Å². The van der Waals surface area contributed by atoms with E-state index in [2.05, 4.69) is 5.40 Å². The lowest BCUT2D eigenvalue weighted by Gasteiger charge is -1.17. The fraction of sp³-hybridized carbons (Fsp3) is 0. The summed E-state index contributed by atoms with van der Waals surface area (Å²) < 4.78 is 0. The second-order valence-corrected chi connectivity index (χ2v) is 0. The largest absolute Gasteiger partial charge is 0.358 e. The maximum Gasteiger partial charge on any atom is 0.0716 e. The van der Waals surface area contributed by atoms with E-state index in [0.717, 1.165) is 10.4 Å². The van der Waals surface area contributed by atoms with Crippen molar-refractivity contribution < 1.29 is 0 Å². The Kier molecular flexibility index (Phi) is 992. The molecule has 30 valence electrons. The minimum absolute atomic E-state index is 0. The van der Waals surface area contributed by atoms with Gasteiger partial charge in [-0.2, -0.15) is 0 Å². The van der Waals surface area contributed by atoms with Crippen molar-refractivity contribution in [2.45, 2.75) is 0 Å². The van der Waals surface area contributed by atoms with Crippen molar-refractivity contribution in [2.75, 3.05) is 0 Å². The second kappa shape index (κ2) is 148. The molecule has 0 aromatic rings. The van der Waals surface area contributed by atoms with Crippen molar-refractivity contribution in [1.82, 2.24) is 6.15 Å². The van der Waals surface area contributed by atoms with Gasteiger partial charge in [-0.25, -0.2) is 0 Å². The van der Waals surface area contributed by atoms with Crippen molar-refractivity contribution >= 4 is 21.4 Å². The highest BCUT2D eigenvalue weighted by Crippen LogP contribution is 0.350. The maximum atomic E-state index is 4.64. The minimum atomic E-state index is 0. The summed E-state index contributed by atoms with van der Waals surface area (Å²) >= 11 is 0. The molecule has 0 saturated carbocycles. The number of nitrogens with two attached hydrogens (primary N) is 1. The third-order valence-corrected chi connectivity index (χ3v) is 0. The zero-order chi connectivity index (χ0) is 2.00. The Morgan fingerprint density at radius 2 is 1.25 bits per heavy atom. The van der Waals surface area contributed by atoms with Gasteiger partial charge >= 0.3 is 0 Å². The zero-order valence-corrected chi connectivity index (χ0v) is 4.28. The van der Waals surface area contributed by atoms with Gasteiger partial charge in [0.2, 0.25) is 0 Å². The molecule has 0 aromatic heterocycles. The van der Waals surface area contributed by atoms with Crippen LogP contribution in [0.5, 0.6) is 0 Å². The van der Waals surface area contributed by atoms with E-state index >= 15 is 0 Å². The first-order valence-electron chi connectivity index (χ1n) is 0.577. The Balaban J connectivity index is -0.00000000500. The summed E-state index contributed by atoms with van der Waals surface area (Å²) in [7, 11) is 0.806. The first-order valence-corrected chi connectivity index (χ1v) is 1.73. The van der Waals surface area contributed by atoms with Crippen molar-refractivity contribution in [3.8, 4) is 0 Å². The monoisotopic (exact) mass is 96.1 g/mol. The van der Waals surface area contributed by atoms with E-state index in [-0.39, 0.29) is 17.1 Å². The lowest BCUT2D eigenvalue weighted by molar-refractivity contribution is 2.00. The number of hydrogen-bond acceptors (Lipinski definition) is 2. The van der Waals surface area contributed by atoms with Crippen LogP contribution < -0.4 is 11.5 Å². The molecule has 0 rings (SSSR count). The quantitative estimate of drug-likeness (QED) is 0.315. The highest BCUT2D eigenvalue weighted by Gasteiger charge is 0.880. The summed E-state index contributed by atoms with van der Waals surface area (Å²) in [5.41, 5.74) is 0. The summed E-state index contributed by atoms with van der Waals surface area (Å²) in [5, 5.41) is 4.64. The Hall–Kier alpha value is 0.354. The predicted molar refractivity (Wildman–Crippen MR) is 30.5 cm³/mol. The van der Waals surface area contributed by atoms with E-state index in [9.17, 15) is 0 Å². The van der Waals surface area contributed by atoms with E-state index in [1.807, 2.05) is 0 Å². The first kappa shape index (κ1) is 26.7. The molecular weight excluding hydrogens is 84.2 g/mol. The fourth-order valence-corrected chi connectivity index (χ4v) is 0. The minimum Gasteiger partial charge on any atom is -0.358 e. The van der Waals surface area contributed by atoms with Crippen LogP contribution in [0, 0.1) is 0 Å². The third-order valence-electron chi connectivity index (χ3n) is 0. The smallest absolute Gasteiger partial charge is 0.0716 e. The highest BCUT2D eigenvalue weighted by atomic mass is 28.2. The van der Waals surface area contributed by atoms with Crippen molar-refractivity contribution in [3.05, 3.63) is 0 Å². The summed E-state index contributed by atoms with van der Waals surface area (Å²) in [6.07, 6.45) is 0. The summed E-state index contributed by atoms with van der Waals surface area (Å²) in [6, 6.07) is 0. The van der Waals surface area contributed by atoms with Gasteiger partial charge in [-0.3, -0.25) is 0 Å². The van der Waals surface area contributed by atoms with Gasteiger partial charge in [0.1, 0.15) is 0 Å². The molecule has 0 spiro atoms. The van der Waals surface area contributed by atoms with Crippen molar-refractivity contribution in [2.24, 2.45) is 5.40 Å². The predicted octanol–water partition coefficient (Wildman–Crippen LogP) is -3.06. The molecule has 0 aliphatic rings. The van der Waals surface area contributed by atoms with Gasteiger partial charge in [-0.05, 0) is 11.0 Å². The molecule has 2 nitrogen and oxygen atoms in total. The maximum absolute atomic E-state index is 4.64. The Labute approximate surface area is 33.9 Å². The SMILES string of the molecule is N.N[SiH3].[SiH4]. The van der Waals surface area contributed by atoms with Crippen LogP contribution in [0.25, 0.3) is 0 Å². The molecule has 0 saturated heterocycles. The van der Waals surface area contributed by atoms with Crippen LogP contribution in [0.3, 0.4) is 0 Å². The van der Waals surface area contributed by atoms with E-state index in [1.54, 1.807) is 0 Å². The van der Waals surface area contributed by atoms with Gasteiger partial charge in [0.25, 0.3) is 0 Å². The molecule has 0 radical (unpaired) electrons.